The highest BCUT2D eigenvalue weighted by molar-refractivity contribution is 7.80. The van der Waals surface area contributed by atoms with Crippen LogP contribution < -0.4 is 46.8 Å². The van der Waals surface area contributed by atoms with Gasteiger partial charge in [-0.25, -0.2) is 9.78 Å². The van der Waals surface area contributed by atoms with Crippen LogP contribution in [0.1, 0.15) is 68.7 Å². The van der Waals surface area contributed by atoms with Crippen LogP contribution in [0.3, 0.4) is 0 Å². The molecule has 20 nitrogen and oxygen atoms in total. The predicted octanol–water partition coefficient (Wildman–Crippen LogP) is 1.32. The Morgan fingerprint density at radius 3 is 2.45 bits per heavy atom. The minimum Gasteiger partial charge on any atom is -0.486 e. The van der Waals surface area contributed by atoms with Gasteiger partial charge in [0.25, 0.3) is 5.56 Å². The van der Waals surface area contributed by atoms with E-state index in [4.69, 9.17) is 51.4 Å². The number of nitrogens with zero attached hydrogens (tertiary/aromatic N) is 2. The zero-order chi connectivity index (χ0) is 47.7. The summed E-state index contributed by atoms with van der Waals surface area (Å²) in [7, 11) is 1.39. The maximum absolute atomic E-state index is 14.0. The van der Waals surface area contributed by atoms with Crippen molar-refractivity contribution < 1.29 is 58.1 Å². The molecule has 1 saturated heterocycles. The molecular weight excluding hydrogens is 891 g/mol. The lowest BCUT2D eigenvalue weighted by Crippen LogP contribution is -2.59. The number of thiocarbonyl (C=S) groups is 1. The number of cyclic esters (lactones) is 1. The van der Waals surface area contributed by atoms with E-state index >= 15 is 0 Å². The maximum atomic E-state index is 14.0. The Morgan fingerprint density at radius 1 is 1.01 bits per heavy atom. The number of esters is 1. The molecule has 1 fully saturated rings. The molecule has 358 valence electrons. The van der Waals surface area contributed by atoms with Crippen LogP contribution in [-0.2, 0) is 53.9 Å². The highest BCUT2D eigenvalue weighted by Gasteiger charge is 2.46. The average molecular weight is 946 g/mol. The monoisotopic (exact) mass is 945 g/mol. The van der Waals surface area contributed by atoms with Crippen molar-refractivity contribution in [2.45, 2.75) is 115 Å². The molecule has 2 aromatic carbocycles. The molecule has 6 heterocycles. The SMILES string of the molecule is CC[C@@]1(O)C(=O)OCc2c1cc1n(c2=O)Cc2c-1nc1cc3c(cc1c2CNC(=O)[C@H](C)NC(=O)C(CCCCN)NC(=S)Nc1ccc(O[C@H]2O[C@@H](C)[C@@H](O)[C@@H](OC)[C@@H]2O)cc1)OCCO3. The lowest BCUT2D eigenvalue weighted by Gasteiger charge is -2.40. The third kappa shape index (κ3) is 9.36. The summed E-state index contributed by atoms with van der Waals surface area (Å²) in [5, 5.41) is 45.0. The van der Waals surface area contributed by atoms with Crippen LogP contribution in [0.25, 0.3) is 22.3 Å². The summed E-state index contributed by atoms with van der Waals surface area (Å²) in [6.07, 6.45) is -3.29. The summed E-state index contributed by atoms with van der Waals surface area (Å²) >= 11 is 5.60. The second kappa shape index (κ2) is 19.7. The van der Waals surface area contributed by atoms with Gasteiger partial charge >= 0.3 is 5.97 Å². The van der Waals surface area contributed by atoms with E-state index < -0.39 is 71.7 Å². The number of pyridine rings is 2. The van der Waals surface area contributed by atoms with Crippen LogP contribution in [0.2, 0.25) is 0 Å². The summed E-state index contributed by atoms with van der Waals surface area (Å²) in [4.78, 5) is 59.4. The second-order valence-corrected chi connectivity index (χ2v) is 17.4. The van der Waals surface area contributed by atoms with E-state index in [9.17, 15) is 34.5 Å². The molecule has 9 N–H and O–H groups in total. The number of aromatic nitrogens is 2. The Labute approximate surface area is 390 Å². The molecule has 2 aromatic heterocycles. The minimum atomic E-state index is -2.01. The van der Waals surface area contributed by atoms with Crippen LogP contribution in [0.15, 0.2) is 47.3 Å². The predicted molar refractivity (Wildman–Crippen MR) is 245 cm³/mol. The van der Waals surface area contributed by atoms with E-state index in [-0.39, 0.29) is 42.4 Å². The van der Waals surface area contributed by atoms with Gasteiger partial charge in [0, 0.05) is 41.9 Å². The smallest absolute Gasteiger partial charge is 0.343 e. The molecule has 8 atom stereocenters. The van der Waals surface area contributed by atoms with Crippen molar-refractivity contribution in [3.63, 3.8) is 0 Å². The van der Waals surface area contributed by atoms with Crippen molar-refractivity contribution >= 4 is 51.7 Å². The van der Waals surface area contributed by atoms with Gasteiger partial charge < -0.3 is 75.3 Å². The van der Waals surface area contributed by atoms with E-state index in [0.717, 1.165) is 0 Å². The van der Waals surface area contributed by atoms with Gasteiger partial charge in [0.1, 0.15) is 56.0 Å². The first-order chi connectivity index (χ1) is 32.1. The number of carbonyl (C=O) groups is 3. The Morgan fingerprint density at radius 2 is 1.75 bits per heavy atom. The fraction of sp³-hybridized carbons (Fsp3) is 0.478. The van der Waals surface area contributed by atoms with Crippen molar-refractivity contribution in [2.75, 3.05) is 32.2 Å². The van der Waals surface area contributed by atoms with Gasteiger partial charge in [-0.1, -0.05) is 6.92 Å². The van der Waals surface area contributed by atoms with Crippen molar-refractivity contribution in [3.8, 4) is 28.6 Å². The number of hydrogen-bond acceptors (Lipinski definition) is 16. The van der Waals surface area contributed by atoms with Crippen molar-refractivity contribution in [3.05, 3.63) is 75.1 Å². The van der Waals surface area contributed by atoms with Gasteiger partial charge in [0.05, 0.1) is 35.1 Å². The molecule has 67 heavy (non-hydrogen) atoms. The molecule has 4 aromatic rings. The number of carbonyl (C=O) groups excluding carboxylic acids is 3. The number of ether oxygens (including phenoxy) is 6. The molecule has 0 bridgehead atoms. The van der Waals surface area contributed by atoms with Crippen LogP contribution in [0.4, 0.5) is 5.69 Å². The molecular formula is C46H55N7O13S. The Kier molecular flexibility index (Phi) is 14.0. The second-order valence-electron chi connectivity index (χ2n) is 17.0. The van der Waals surface area contributed by atoms with Crippen molar-refractivity contribution in [1.82, 2.24) is 25.5 Å². The largest absolute Gasteiger partial charge is 0.486 e. The highest BCUT2D eigenvalue weighted by atomic mass is 32.1. The maximum Gasteiger partial charge on any atom is 0.343 e. The standard InChI is InChI=1S/C46H55N7O13S/c1-5-46(60)30-17-33-36-28(20-53(33)42(58)29(30)21-64-44(46)59)27(26-16-34-35(18-32(26)51-36)63-15-14-62-34)19-48-40(56)22(2)49-41(57)31(8-6-7-13-47)52-45(67)50-24-9-11-25(12-10-24)66-43-38(55)39(61-4)37(54)23(3)65-43/h9-12,16-18,22-23,31,37-39,43,54-55,60H,5-8,13-15,19-21,47H2,1-4H3,(H,48,56)(H,49,57)(H2,50,52,67)/t22-,23-,31?,37+,38-,39+,43+,46-/m0/s1. The number of nitrogens with one attached hydrogen (secondary N) is 4. The number of unbranched alkanes of at least 4 members (excludes halogenated alkanes) is 1. The topological polar surface area (TPSA) is 276 Å². The number of amides is 2. The van der Waals surface area contributed by atoms with Crippen LogP contribution >= 0.6 is 12.2 Å². The minimum absolute atomic E-state index is 0.0106. The number of nitrogens with two attached hydrogens (primary N) is 1. The first kappa shape index (κ1) is 47.5. The number of fused-ring (bicyclic) bond motifs is 6. The number of methoxy groups -OCH3 is 1. The summed E-state index contributed by atoms with van der Waals surface area (Å²) in [5.74, 6) is -0.436. The van der Waals surface area contributed by atoms with E-state index in [1.165, 1.54) is 11.7 Å². The third-order valence-electron chi connectivity index (χ3n) is 12.6. The molecule has 21 heteroatoms. The molecule has 4 aliphatic rings. The molecule has 0 saturated carbocycles. The summed E-state index contributed by atoms with van der Waals surface area (Å²) < 4.78 is 35.3. The summed E-state index contributed by atoms with van der Waals surface area (Å²) in [5.41, 5.74) is 6.90. The fourth-order valence-electron chi connectivity index (χ4n) is 8.82. The lowest BCUT2D eigenvalue weighted by molar-refractivity contribution is -0.272. The van der Waals surface area contributed by atoms with E-state index in [0.29, 0.717) is 95.4 Å². The molecule has 1 unspecified atom stereocenters. The number of rotatable bonds is 15. The number of hydrogen-bond donors (Lipinski definition) is 8. The quantitative estimate of drug-likeness (QED) is 0.0418. The van der Waals surface area contributed by atoms with Crippen molar-refractivity contribution in [1.29, 1.82) is 0 Å². The Balaban J connectivity index is 0.959. The number of benzene rings is 2. The van der Waals surface area contributed by atoms with Gasteiger partial charge in [-0.2, -0.15) is 0 Å². The summed E-state index contributed by atoms with van der Waals surface area (Å²) in [6, 6.07) is 9.97. The van der Waals surface area contributed by atoms with Gasteiger partial charge in [-0.3, -0.25) is 14.4 Å². The first-order valence-electron chi connectivity index (χ1n) is 22.2. The number of anilines is 1. The average Bonchev–Trinajstić information content (AvgIpc) is 3.69. The van der Waals surface area contributed by atoms with Crippen LogP contribution in [-0.4, -0.2) is 117 Å². The van der Waals surface area contributed by atoms with Crippen molar-refractivity contribution in [2.24, 2.45) is 5.73 Å². The molecule has 0 radical (unpaired) electrons. The van der Waals surface area contributed by atoms with Gasteiger partial charge in [0.15, 0.2) is 22.2 Å². The molecule has 2 amide bonds. The van der Waals surface area contributed by atoms with Crippen LogP contribution in [0.5, 0.6) is 17.2 Å². The lowest BCUT2D eigenvalue weighted by atomic mass is 9.86. The van der Waals surface area contributed by atoms with Crippen LogP contribution in [0, 0.1) is 0 Å². The number of aliphatic hydroxyl groups is 3. The van der Waals surface area contributed by atoms with E-state index in [2.05, 4.69) is 21.3 Å². The highest BCUT2D eigenvalue weighted by Crippen LogP contribution is 2.43. The molecule has 0 aliphatic carbocycles. The molecule has 0 spiro atoms. The Hall–Kier alpha value is -5.94. The Bertz CT molecular complexity index is 2630. The zero-order valence-corrected chi connectivity index (χ0v) is 38.3. The fourth-order valence-corrected chi connectivity index (χ4v) is 9.08. The zero-order valence-electron chi connectivity index (χ0n) is 37.5. The summed E-state index contributed by atoms with van der Waals surface area (Å²) in [6.45, 7) is 5.74. The van der Waals surface area contributed by atoms with Gasteiger partial charge in [0.2, 0.25) is 18.1 Å². The van der Waals surface area contributed by atoms with E-state index in [1.807, 2.05) is 0 Å². The normalized spacial score (nSPS) is 23.5. The molecule has 8 rings (SSSR count). The molecule has 4 aliphatic heterocycles. The first-order valence-corrected chi connectivity index (χ1v) is 22.7. The number of aliphatic hydroxyl groups excluding tert-OH is 2. The van der Waals surface area contributed by atoms with Gasteiger partial charge in [-0.05, 0) is 100 Å². The van der Waals surface area contributed by atoms with E-state index in [1.54, 1.807) is 63.2 Å². The van der Waals surface area contributed by atoms with Gasteiger partial charge in [-0.15, -0.1) is 0 Å². The third-order valence-corrected chi connectivity index (χ3v) is 12.9.